The Bertz CT molecular complexity index is 657. The van der Waals surface area contributed by atoms with Gasteiger partial charge in [0, 0.05) is 30.7 Å². The van der Waals surface area contributed by atoms with Crippen LogP contribution in [0.1, 0.15) is 19.4 Å². The van der Waals surface area contributed by atoms with E-state index in [2.05, 4.69) is 48.8 Å². The van der Waals surface area contributed by atoms with E-state index in [1.54, 1.807) is 6.20 Å². The summed E-state index contributed by atoms with van der Waals surface area (Å²) in [5.41, 5.74) is 2.57. The summed E-state index contributed by atoms with van der Waals surface area (Å²) in [4.78, 5) is 8.85. The molecule has 4 nitrogen and oxygen atoms in total. The summed E-state index contributed by atoms with van der Waals surface area (Å²) in [6.45, 7) is 6.12. The minimum atomic E-state index is 0.322. The molecule has 2 aromatic rings. The fourth-order valence-corrected chi connectivity index (χ4v) is 2.84. The highest BCUT2D eigenvalue weighted by atomic mass is 15.2. The van der Waals surface area contributed by atoms with Crippen molar-refractivity contribution < 1.29 is 0 Å². The molecule has 0 amide bonds. The predicted octanol–water partition coefficient (Wildman–Crippen LogP) is 2.88. The molecule has 1 atom stereocenters. The molecule has 0 N–H and O–H groups in total. The molecule has 0 saturated heterocycles. The van der Waals surface area contributed by atoms with Gasteiger partial charge in [0.2, 0.25) is 0 Å². The average molecular weight is 282 g/mol. The summed E-state index contributed by atoms with van der Waals surface area (Å²) in [6, 6.07) is 10.6. The Labute approximate surface area is 126 Å². The zero-order valence-corrected chi connectivity index (χ0v) is 13.2. The molecule has 1 unspecified atom stereocenters. The summed E-state index contributed by atoms with van der Waals surface area (Å²) in [5, 5.41) is 10.5. The standard InChI is InChI=1S/C17H22N4/c1-5-21(13(2)12-20(3)4)17-14(10-18)11-19-16-9-7-6-8-15(16)17/h6-9,11,13H,5,12H2,1-4H3. The molecule has 0 aliphatic rings. The van der Waals surface area contributed by atoms with Gasteiger partial charge in [0.1, 0.15) is 6.07 Å². The third kappa shape index (κ3) is 3.14. The third-order valence-corrected chi connectivity index (χ3v) is 3.66. The number of nitriles is 1. The van der Waals surface area contributed by atoms with Crippen molar-refractivity contribution in [2.45, 2.75) is 19.9 Å². The number of anilines is 1. The van der Waals surface area contributed by atoms with E-state index < -0.39 is 0 Å². The number of aromatic nitrogens is 1. The first-order valence-electron chi connectivity index (χ1n) is 7.27. The normalized spacial score (nSPS) is 12.4. The minimum Gasteiger partial charge on any atom is -0.366 e. The molecule has 0 fully saturated rings. The summed E-state index contributed by atoms with van der Waals surface area (Å²) in [5.74, 6) is 0. The maximum atomic E-state index is 9.46. The lowest BCUT2D eigenvalue weighted by atomic mass is 10.1. The molecular weight excluding hydrogens is 260 g/mol. The van der Waals surface area contributed by atoms with Gasteiger partial charge < -0.3 is 9.80 Å². The molecule has 0 aliphatic heterocycles. The van der Waals surface area contributed by atoms with E-state index in [1.165, 1.54) is 0 Å². The molecule has 4 heteroatoms. The number of rotatable bonds is 5. The number of fused-ring (bicyclic) bond motifs is 1. The van der Waals surface area contributed by atoms with Gasteiger partial charge in [0.25, 0.3) is 0 Å². The maximum absolute atomic E-state index is 9.46. The van der Waals surface area contributed by atoms with Crippen LogP contribution >= 0.6 is 0 Å². The van der Waals surface area contributed by atoms with Crippen LogP contribution in [0.4, 0.5) is 5.69 Å². The first-order valence-corrected chi connectivity index (χ1v) is 7.27. The van der Waals surface area contributed by atoms with Crippen molar-refractivity contribution in [1.82, 2.24) is 9.88 Å². The zero-order chi connectivity index (χ0) is 15.4. The fourth-order valence-electron chi connectivity index (χ4n) is 2.84. The highest BCUT2D eigenvalue weighted by Gasteiger charge is 2.19. The smallest absolute Gasteiger partial charge is 0.103 e. The number of nitrogens with zero attached hydrogens (tertiary/aromatic N) is 4. The van der Waals surface area contributed by atoms with Crippen LogP contribution in [0, 0.1) is 11.3 Å². The highest BCUT2D eigenvalue weighted by molar-refractivity contribution is 5.94. The average Bonchev–Trinajstić information content (AvgIpc) is 2.47. The molecule has 0 bridgehead atoms. The molecule has 1 aromatic heterocycles. The molecule has 0 spiro atoms. The molecule has 0 saturated carbocycles. The van der Waals surface area contributed by atoms with Crippen LogP contribution < -0.4 is 4.90 Å². The van der Waals surface area contributed by atoms with Crippen molar-refractivity contribution in [2.75, 3.05) is 32.1 Å². The van der Waals surface area contributed by atoms with Crippen molar-refractivity contribution in [1.29, 1.82) is 5.26 Å². The number of benzene rings is 1. The van der Waals surface area contributed by atoms with Gasteiger partial charge in [-0.3, -0.25) is 4.98 Å². The van der Waals surface area contributed by atoms with Crippen LogP contribution in [-0.2, 0) is 0 Å². The van der Waals surface area contributed by atoms with Crippen molar-refractivity contribution in [3.63, 3.8) is 0 Å². The number of likely N-dealkylation sites (N-methyl/N-ethyl adjacent to an activating group) is 2. The monoisotopic (exact) mass is 282 g/mol. The van der Waals surface area contributed by atoms with Gasteiger partial charge in [-0.05, 0) is 34.0 Å². The van der Waals surface area contributed by atoms with Gasteiger partial charge in [-0.25, -0.2) is 0 Å². The number of para-hydroxylation sites is 1. The molecule has 2 rings (SSSR count). The van der Waals surface area contributed by atoms with Gasteiger partial charge in [-0.2, -0.15) is 5.26 Å². The van der Waals surface area contributed by atoms with Crippen LogP contribution in [0.25, 0.3) is 10.9 Å². The molecule has 1 aromatic carbocycles. The first-order chi connectivity index (χ1) is 10.1. The van der Waals surface area contributed by atoms with E-state index in [9.17, 15) is 5.26 Å². The Balaban J connectivity index is 2.59. The molecule has 21 heavy (non-hydrogen) atoms. The second kappa shape index (κ2) is 6.55. The van der Waals surface area contributed by atoms with Crippen molar-refractivity contribution in [3.8, 4) is 6.07 Å². The van der Waals surface area contributed by atoms with Gasteiger partial charge in [-0.1, -0.05) is 18.2 Å². The van der Waals surface area contributed by atoms with E-state index in [-0.39, 0.29) is 0 Å². The van der Waals surface area contributed by atoms with Gasteiger partial charge in [0.15, 0.2) is 0 Å². The predicted molar refractivity (Wildman–Crippen MR) is 87.5 cm³/mol. The Morgan fingerprint density at radius 2 is 2.00 bits per heavy atom. The maximum Gasteiger partial charge on any atom is 0.103 e. The van der Waals surface area contributed by atoms with Gasteiger partial charge >= 0.3 is 0 Å². The van der Waals surface area contributed by atoms with Crippen molar-refractivity contribution >= 4 is 16.6 Å². The Morgan fingerprint density at radius 3 is 2.62 bits per heavy atom. The minimum absolute atomic E-state index is 0.322. The summed E-state index contributed by atoms with van der Waals surface area (Å²) < 4.78 is 0. The Morgan fingerprint density at radius 1 is 1.29 bits per heavy atom. The first kappa shape index (κ1) is 15.3. The van der Waals surface area contributed by atoms with Crippen LogP contribution in [0.5, 0.6) is 0 Å². The van der Waals surface area contributed by atoms with E-state index >= 15 is 0 Å². The van der Waals surface area contributed by atoms with E-state index in [1.807, 2.05) is 24.3 Å². The molecular formula is C17H22N4. The summed E-state index contributed by atoms with van der Waals surface area (Å²) in [6.07, 6.45) is 1.68. The lowest BCUT2D eigenvalue weighted by molar-refractivity contribution is 0.373. The van der Waals surface area contributed by atoms with E-state index in [0.29, 0.717) is 11.6 Å². The number of hydrogen-bond donors (Lipinski definition) is 0. The van der Waals surface area contributed by atoms with Crippen LogP contribution in [0.3, 0.4) is 0 Å². The summed E-state index contributed by atoms with van der Waals surface area (Å²) >= 11 is 0. The topological polar surface area (TPSA) is 43.2 Å². The van der Waals surface area contributed by atoms with Crippen LogP contribution in [-0.4, -0.2) is 43.1 Å². The molecule has 1 heterocycles. The Kier molecular flexibility index (Phi) is 4.77. The van der Waals surface area contributed by atoms with E-state index in [4.69, 9.17) is 0 Å². The Hall–Kier alpha value is -2.12. The number of pyridine rings is 1. The SMILES string of the molecule is CCN(c1c(C#N)cnc2ccccc12)C(C)CN(C)C. The lowest BCUT2D eigenvalue weighted by Gasteiger charge is -2.33. The third-order valence-electron chi connectivity index (χ3n) is 3.66. The summed E-state index contributed by atoms with van der Waals surface area (Å²) in [7, 11) is 4.14. The van der Waals surface area contributed by atoms with Crippen molar-refractivity contribution in [3.05, 3.63) is 36.0 Å². The highest BCUT2D eigenvalue weighted by Crippen LogP contribution is 2.30. The van der Waals surface area contributed by atoms with Crippen molar-refractivity contribution in [2.24, 2.45) is 0 Å². The molecule has 110 valence electrons. The van der Waals surface area contributed by atoms with Gasteiger partial charge in [-0.15, -0.1) is 0 Å². The molecule has 0 radical (unpaired) electrons. The van der Waals surface area contributed by atoms with Crippen LogP contribution in [0.2, 0.25) is 0 Å². The largest absolute Gasteiger partial charge is 0.366 e. The fraction of sp³-hybridized carbons (Fsp3) is 0.412. The zero-order valence-electron chi connectivity index (χ0n) is 13.2. The quantitative estimate of drug-likeness (QED) is 0.845. The lowest BCUT2D eigenvalue weighted by Crippen LogP contribution is -2.40. The second-order valence-electron chi connectivity index (χ2n) is 5.55. The molecule has 0 aliphatic carbocycles. The number of hydrogen-bond acceptors (Lipinski definition) is 4. The second-order valence-corrected chi connectivity index (χ2v) is 5.55. The van der Waals surface area contributed by atoms with Gasteiger partial charge in [0.05, 0.1) is 16.8 Å². The van der Waals surface area contributed by atoms with Crippen LogP contribution in [0.15, 0.2) is 30.5 Å². The van der Waals surface area contributed by atoms with E-state index in [0.717, 1.165) is 29.7 Å².